The van der Waals surface area contributed by atoms with Gasteiger partial charge in [0.2, 0.25) is 0 Å². The summed E-state index contributed by atoms with van der Waals surface area (Å²) in [4.78, 5) is 0. The standard InChI is InChI=1S/C7H14O3/c1-9-7(10-2)5-3-4-6(7)8/h6,8H,3-5H2,1-2H3. The summed E-state index contributed by atoms with van der Waals surface area (Å²) < 4.78 is 10.2. The van der Waals surface area contributed by atoms with E-state index in [1.807, 2.05) is 0 Å². The first-order valence-electron chi connectivity index (χ1n) is 3.53. The van der Waals surface area contributed by atoms with Crippen LogP contribution in [0, 0.1) is 0 Å². The minimum Gasteiger partial charge on any atom is -0.388 e. The molecular weight excluding hydrogens is 132 g/mol. The summed E-state index contributed by atoms with van der Waals surface area (Å²) in [6.07, 6.45) is 2.09. The lowest BCUT2D eigenvalue weighted by molar-refractivity contribution is -0.245. The van der Waals surface area contributed by atoms with Crippen LogP contribution in [-0.2, 0) is 9.47 Å². The molecule has 1 unspecified atom stereocenters. The zero-order valence-corrected chi connectivity index (χ0v) is 6.46. The van der Waals surface area contributed by atoms with Crippen molar-refractivity contribution in [2.24, 2.45) is 0 Å². The molecule has 0 radical (unpaired) electrons. The van der Waals surface area contributed by atoms with E-state index in [0.29, 0.717) is 0 Å². The summed E-state index contributed by atoms with van der Waals surface area (Å²) in [6, 6.07) is 0. The van der Waals surface area contributed by atoms with Crippen LogP contribution in [0.3, 0.4) is 0 Å². The van der Waals surface area contributed by atoms with Gasteiger partial charge in [0, 0.05) is 20.6 Å². The van der Waals surface area contributed by atoms with Crippen molar-refractivity contribution in [1.82, 2.24) is 0 Å². The Morgan fingerprint density at radius 1 is 1.40 bits per heavy atom. The summed E-state index contributed by atoms with van der Waals surface area (Å²) in [6.45, 7) is 0. The van der Waals surface area contributed by atoms with Crippen molar-refractivity contribution in [2.45, 2.75) is 31.2 Å². The van der Waals surface area contributed by atoms with Gasteiger partial charge in [0.15, 0.2) is 5.79 Å². The van der Waals surface area contributed by atoms with Crippen molar-refractivity contribution in [3.05, 3.63) is 0 Å². The van der Waals surface area contributed by atoms with Gasteiger partial charge in [-0.15, -0.1) is 0 Å². The van der Waals surface area contributed by atoms with Crippen LogP contribution >= 0.6 is 0 Å². The van der Waals surface area contributed by atoms with Gasteiger partial charge in [-0.1, -0.05) is 0 Å². The minimum atomic E-state index is -0.708. The number of hydrogen-bond acceptors (Lipinski definition) is 3. The molecule has 1 aliphatic rings. The normalized spacial score (nSPS) is 30.9. The van der Waals surface area contributed by atoms with Gasteiger partial charge in [-0.05, 0) is 12.8 Å². The summed E-state index contributed by atoms with van der Waals surface area (Å²) >= 11 is 0. The van der Waals surface area contributed by atoms with Gasteiger partial charge in [-0.3, -0.25) is 0 Å². The molecule has 0 bridgehead atoms. The van der Waals surface area contributed by atoms with Gasteiger partial charge in [0.05, 0.1) is 0 Å². The van der Waals surface area contributed by atoms with Gasteiger partial charge < -0.3 is 14.6 Å². The third kappa shape index (κ3) is 1.05. The molecule has 1 saturated carbocycles. The van der Waals surface area contributed by atoms with E-state index in [9.17, 15) is 5.11 Å². The molecule has 1 atom stereocenters. The van der Waals surface area contributed by atoms with E-state index in [-0.39, 0.29) is 0 Å². The largest absolute Gasteiger partial charge is 0.388 e. The van der Waals surface area contributed by atoms with Crippen LogP contribution in [0.5, 0.6) is 0 Å². The highest BCUT2D eigenvalue weighted by Gasteiger charge is 2.42. The smallest absolute Gasteiger partial charge is 0.193 e. The van der Waals surface area contributed by atoms with Crippen LogP contribution < -0.4 is 0 Å². The number of aliphatic hydroxyl groups is 1. The topological polar surface area (TPSA) is 38.7 Å². The Kier molecular flexibility index (Phi) is 2.28. The Labute approximate surface area is 60.9 Å². The molecule has 3 nitrogen and oxygen atoms in total. The average Bonchev–Trinajstić information content (AvgIpc) is 2.32. The molecule has 10 heavy (non-hydrogen) atoms. The van der Waals surface area contributed by atoms with E-state index in [2.05, 4.69) is 0 Å². The van der Waals surface area contributed by atoms with Gasteiger partial charge in [-0.2, -0.15) is 0 Å². The van der Waals surface area contributed by atoms with E-state index in [1.54, 1.807) is 14.2 Å². The number of methoxy groups -OCH3 is 2. The quantitative estimate of drug-likeness (QED) is 0.577. The molecule has 0 aromatic heterocycles. The molecule has 0 heterocycles. The van der Waals surface area contributed by atoms with Gasteiger partial charge in [0.25, 0.3) is 0 Å². The fourth-order valence-corrected chi connectivity index (χ4v) is 1.49. The zero-order valence-electron chi connectivity index (χ0n) is 6.46. The fraction of sp³-hybridized carbons (Fsp3) is 1.00. The van der Waals surface area contributed by atoms with Crippen molar-refractivity contribution < 1.29 is 14.6 Å². The molecule has 0 amide bonds. The van der Waals surface area contributed by atoms with Crippen LogP contribution in [0.25, 0.3) is 0 Å². The first-order chi connectivity index (χ1) is 4.75. The number of rotatable bonds is 2. The molecule has 1 aliphatic carbocycles. The predicted molar refractivity (Wildman–Crippen MR) is 36.6 cm³/mol. The number of aliphatic hydroxyl groups excluding tert-OH is 1. The molecule has 60 valence electrons. The number of ether oxygens (including phenoxy) is 2. The molecule has 0 spiro atoms. The van der Waals surface area contributed by atoms with E-state index < -0.39 is 11.9 Å². The third-order valence-electron chi connectivity index (χ3n) is 2.20. The maximum Gasteiger partial charge on any atom is 0.193 e. The lowest BCUT2D eigenvalue weighted by Crippen LogP contribution is -2.41. The summed E-state index contributed by atoms with van der Waals surface area (Å²) in [5.41, 5.74) is 0. The van der Waals surface area contributed by atoms with Crippen LogP contribution in [0.2, 0.25) is 0 Å². The third-order valence-corrected chi connectivity index (χ3v) is 2.20. The summed E-state index contributed by atoms with van der Waals surface area (Å²) in [7, 11) is 3.14. The monoisotopic (exact) mass is 146 g/mol. The SMILES string of the molecule is COC1(OC)CCCC1O. The lowest BCUT2D eigenvalue weighted by Gasteiger charge is -2.29. The Balaban J connectivity index is 2.61. The Hall–Kier alpha value is -0.120. The molecule has 0 saturated heterocycles. The van der Waals surface area contributed by atoms with Crippen LogP contribution in [-0.4, -0.2) is 31.2 Å². The molecule has 0 aromatic carbocycles. The summed E-state index contributed by atoms with van der Waals surface area (Å²) in [5, 5.41) is 9.39. The van der Waals surface area contributed by atoms with Crippen molar-refractivity contribution in [1.29, 1.82) is 0 Å². The second-order valence-corrected chi connectivity index (χ2v) is 2.63. The maximum absolute atomic E-state index is 9.39. The van der Waals surface area contributed by atoms with E-state index in [4.69, 9.17) is 9.47 Å². The van der Waals surface area contributed by atoms with Crippen molar-refractivity contribution in [2.75, 3.05) is 14.2 Å². The van der Waals surface area contributed by atoms with Crippen molar-refractivity contribution >= 4 is 0 Å². The highest BCUT2D eigenvalue weighted by Crippen LogP contribution is 2.33. The highest BCUT2D eigenvalue weighted by atomic mass is 16.7. The molecule has 1 rings (SSSR count). The van der Waals surface area contributed by atoms with Gasteiger partial charge >= 0.3 is 0 Å². The second kappa shape index (κ2) is 2.86. The van der Waals surface area contributed by atoms with Crippen LogP contribution in [0.1, 0.15) is 19.3 Å². The first-order valence-corrected chi connectivity index (χ1v) is 3.53. The Bertz CT molecular complexity index is 109. The summed E-state index contributed by atoms with van der Waals surface area (Å²) in [5.74, 6) is -0.708. The molecule has 3 heteroatoms. The first kappa shape index (κ1) is 7.98. The average molecular weight is 146 g/mol. The van der Waals surface area contributed by atoms with E-state index in [1.165, 1.54) is 0 Å². The molecule has 1 fully saturated rings. The molecular formula is C7H14O3. The lowest BCUT2D eigenvalue weighted by atomic mass is 10.2. The Morgan fingerprint density at radius 2 is 2.00 bits per heavy atom. The zero-order chi connectivity index (χ0) is 7.61. The van der Waals surface area contributed by atoms with Gasteiger partial charge in [-0.25, -0.2) is 0 Å². The fourth-order valence-electron chi connectivity index (χ4n) is 1.49. The molecule has 0 aliphatic heterocycles. The minimum absolute atomic E-state index is 0.456. The van der Waals surface area contributed by atoms with E-state index in [0.717, 1.165) is 19.3 Å². The molecule has 0 aromatic rings. The number of hydrogen-bond donors (Lipinski definition) is 1. The van der Waals surface area contributed by atoms with Crippen LogP contribution in [0.15, 0.2) is 0 Å². The van der Waals surface area contributed by atoms with E-state index >= 15 is 0 Å². The predicted octanol–water partition coefficient (Wildman–Crippen LogP) is 0.520. The van der Waals surface area contributed by atoms with Crippen molar-refractivity contribution in [3.8, 4) is 0 Å². The maximum atomic E-state index is 9.39. The Morgan fingerprint density at radius 3 is 2.20 bits per heavy atom. The molecule has 1 N–H and O–H groups in total. The van der Waals surface area contributed by atoms with Gasteiger partial charge in [0.1, 0.15) is 6.10 Å². The van der Waals surface area contributed by atoms with Crippen molar-refractivity contribution in [3.63, 3.8) is 0 Å². The second-order valence-electron chi connectivity index (χ2n) is 2.63. The van der Waals surface area contributed by atoms with Crippen LogP contribution in [0.4, 0.5) is 0 Å². The highest BCUT2D eigenvalue weighted by molar-refractivity contribution is 4.85.